The molecular formula is C11H19N3O2. The van der Waals surface area contributed by atoms with Gasteiger partial charge in [0.25, 0.3) is 0 Å². The first kappa shape index (κ1) is 11.4. The van der Waals surface area contributed by atoms with Crippen LogP contribution in [0, 0.1) is 0 Å². The highest BCUT2D eigenvalue weighted by atomic mass is 16.2. The van der Waals surface area contributed by atoms with Crippen LogP contribution in [0.1, 0.15) is 32.6 Å². The van der Waals surface area contributed by atoms with Crippen molar-refractivity contribution in [2.75, 3.05) is 13.1 Å². The van der Waals surface area contributed by atoms with Crippen molar-refractivity contribution in [2.24, 2.45) is 0 Å². The lowest BCUT2D eigenvalue weighted by molar-refractivity contribution is -0.128. The number of piperidine rings is 1. The SMILES string of the molecule is CC(=O)N(C(=O)NC1CC1)C1CCNCC1. The number of nitrogens with one attached hydrogen (secondary N) is 2. The van der Waals surface area contributed by atoms with Gasteiger partial charge in [0.05, 0.1) is 0 Å². The molecule has 0 bridgehead atoms. The molecule has 2 rings (SSSR count). The lowest BCUT2D eigenvalue weighted by atomic mass is 10.1. The van der Waals surface area contributed by atoms with Gasteiger partial charge in [-0.2, -0.15) is 0 Å². The summed E-state index contributed by atoms with van der Waals surface area (Å²) in [6.45, 7) is 3.23. The van der Waals surface area contributed by atoms with Crippen LogP contribution in [0.3, 0.4) is 0 Å². The maximum absolute atomic E-state index is 11.9. The Morgan fingerprint density at radius 3 is 2.31 bits per heavy atom. The minimum Gasteiger partial charge on any atom is -0.335 e. The number of hydrogen-bond donors (Lipinski definition) is 2. The molecular weight excluding hydrogens is 206 g/mol. The van der Waals surface area contributed by atoms with Gasteiger partial charge in [0, 0.05) is 19.0 Å². The highest BCUT2D eigenvalue weighted by molar-refractivity contribution is 5.93. The molecule has 0 radical (unpaired) electrons. The first-order valence-corrected chi connectivity index (χ1v) is 5.99. The Bertz CT molecular complexity index is 283. The molecule has 1 heterocycles. The highest BCUT2D eigenvalue weighted by Crippen LogP contribution is 2.20. The van der Waals surface area contributed by atoms with E-state index in [9.17, 15) is 9.59 Å². The summed E-state index contributed by atoms with van der Waals surface area (Å²) in [5, 5.41) is 6.11. The van der Waals surface area contributed by atoms with Crippen molar-refractivity contribution in [3.63, 3.8) is 0 Å². The van der Waals surface area contributed by atoms with Crippen LogP contribution in [0.2, 0.25) is 0 Å². The Morgan fingerprint density at radius 1 is 1.19 bits per heavy atom. The van der Waals surface area contributed by atoms with Crippen molar-refractivity contribution in [3.05, 3.63) is 0 Å². The molecule has 0 atom stereocenters. The second-order valence-corrected chi connectivity index (χ2v) is 4.59. The zero-order chi connectivity index (χ0) is 11.5. The fourth-order valence-electron chi connectivity index (χ4n) is 2.10. The van der Waals surface area contributed by atoms with Crippen LogP contribution in [0.5, 0.6) is 0 Å². The van der Waals surface area contributed by atoms with Crippen molar-refractivity contribution in [1.29, 1.82) is 0 Å². The van der Waals surface area contributed by atoms with Crippen LogP contribution in [0.25, 0.3) is 0 Å². The van der Waals surface area contributed by atoms with Crippen LogP contribution in [-0.4, -0.2) is 42.0 Å². The van der Waals surface area contributed by atoms with E-state index in [1.807, 2.05) is 0 Å². The van der Waals surface area contributed by atoms with E-state index in [4.69, 9.17) is 0 Å². The largest absolute Gasteiger partial charge is 0.335 e. The Labute approximate surface area is 95.6 Å². The van der Waals surface area contributed by atoms with Crippen molar-refractivity contribution in [2.45, 2.75) is 44.7 Å². The number of imide groups is 1. The van der Waals surface area contributed by atoms with E-state index in [1.54, 1.807) is 0 Å². The van der Waals surface area contributed by atoms with Gasteiger partial charge in [-0.1, -0.05) is 0 Å². The van der Waals surface area contributed by atoms with E-state index >= 15 is 0 Å². The summed E-state index contributed by atoms with van der Waals surface area (Å²) in [5.74, 6) is -0.148. The van der Waals surface area contributed by atoms with Gasteiger partial charge in [-0.15, -0.1) is 0 Å². The molecule has 90 valence electrons. The third-order valence-electron chi connectivity index (χ3n) is 3.14. The summed E-state index contributed by atoms with van der Waals surface area (Å²) in [7, 11) is 0. The zero-order valence-corrected chi connectivity index (χ0v) is 9.66. The molecule has 1 aliphatic carbocycles. The molecule has 0 aromatic rings. The quantitative estimate of drug-likeness (QED) is 0.717. The molecule has 2 N–H and O–H groups in total. The summed E-state index contributed by atoms with van der Waals surface area (Å²) in [6, 6.07) is 0.162. The molecule has 0 aromatic heterocycles. The van der Waals surface area contributed by atoms with Crippen molar-refractivity contribution in [3.8, 4) is 0 Å². The van der Waals surface area contributed by atoms with Crippen LogP contribution >= 0.6 is 0 Å². The van der Waals surface area contributed by atoms with E-state index in [-0.39, 0.29) is 18.0 Å². The third-order valence-corrected chi connectivity index (χ3v) is 3.14. The van der Waals surface area contributed by atoms with Gasteiger partial charge in [-0.05, 0) is 38.8 Å². The molecule has 1 saturated carbocycles. The second-order valence-electron chi connectivity index (χ2n) is 4.59. The van der Waals surface area contributed by atoms with Gasteiger partial charge >= 0.3 is 6.03 Å². The maximum Gasteiger partial charge on any atom is 0.324 e. The first-order valence-electron chi connectivity index (χ1n) is 5.99. The monoisotopic (exact) mass is 225 g/mol. The minimum atomic E-state index is -0.207. The first-order chi connectivity index (χ1) is 7.68. The smallest absolute Gasteiger partial charge is 0.324 e. The van der Waals surface area contributed by atoms with E-state index in [0.29, 0.717) is 6.04 Å². The van der Waals surface area contributed by atoms with Crippen molar-refractivity contribution >= 4 is 11.9 Å². The fourth-order valence-corrected chi connectivity index (χ4v) is 2.10. The lowest BCUT2D eigenvalue weighted by Gasteiger charge is -2.32. The molecule has 2 fully saturated rings. The Balaban J connectivity index is 1.96. The Hall–Kier alpha value is -1.10. The topological polar surface area (TPSA) is 61.4 Å². The molecule has 3 amide bonds. The standard InChI is InChI=1S/C11H19N3O2/c1-8(15)14(10-4-6-12-7-5-10)11(16)13-9-2-3-9/h9-10,12H,2-7H2,1H3,(H,13,16). The third kappa shape index (κ3) is 2.72. The molecule has 5 heteroatoms. The second kappa shape index (κ2) is 4.82. The average Bonchev–Trinajstić information content (AvgIpc) is 3.03. The highest BCUT2D eigenvalue weighted by Gasteiger charge is 2.32. The minimum absolute atomic E-state index is 0.0671. The molecule has 1 aliphatic heterocycles. The Morgan fingerprint density at radius 2 is 1.81 bits per heavy atom. The predicted molar refractivity (Wildman–Crippen MR) is 60.0 cm³/mol. The summed E-state index contributed by atoms with van der Waals surface area (Å²) >= 11 is 0. The molecule has 1 saturated heterocycles. The number of nitrogens with zero attached hydrogens (tertiary/aromatic N) is 1. The maximum atomic E-state index is 11.9. The molecule has 0 unspecified atom stereocenters. The zero-order valence-electron chi connectivity index (χ0n) is 9.66. The summed E-state index contributed by atoms with van der Waals surface area (Å²) in [5.41, 5.74) is 0. The van der Waals surface area contributed by atoms with Gasteiger partial charge in [0.2, 0.25) is 5.91 Å². The van der Waals surface area contributed by atoms with Crippen molar-refractivity contribution < 1.29 is 9.59 Å². The average molecular weight is 225 g/mol. The number of amides is 3. The van der Waals surface area contributed by atoms with Gasteiger partial charge in [0.1, 0.15) is 0 Å². The van der Waals surface area contributed by atoms with E-state index in [1.165, 1.54) is 11.8 Å². The lowest BCUT2D eigenvalue weighted by Crippen LogP contribution is -2.52. The number of hydrogen-bond acceptors (Lipinski definition) is 3. The van der Waals surface area contributed by atoms with E-state index in [2.05, 4.69) is 10.6 Å². The molecule has 2 aliphatic rings. The summed E-state index contributed by atoms with van der Waals surface area (Å²) in [4.78, 5) is 24.8. The number of carbonyl (C=O) groups is 2. The molecule has 0 aromatic carbocycles. The number of carbonyl (C=O) groups excluding carboxylic acids is 2. The molecule has 16 heavy (non-hydrogen) atoms. The van der Waals surface area contributed by atoms with Crippen LogP contribution < -0.4 is 10.6 Å². The van der Waals surface area contributed by atoms with E-state index in [0.717, 1.165) is 38.8 Å². The molecule has 0 spiro atoms. The Kier molecular flexibility index (Phi) is 3.43. The van der Waals surface area contributed by atoms with Gasteiger partial charge in [-0.3, -0.25) is 9.69 Å². The van der Waals surface area contributed by atoms with E-state index < -0.39 is 0 Å². The van der Waals surface area contributed by atoms with Crippen LogP contribution in [0.4, 0.5) is 4.79 Å². The number of rotatable bonds is 2. The van der Waals surface area contributed by atoms with Gasteiger partial charge < -0.3 is 10.6 Å². The van der Waals surface area contributed by atoms with Crippen LogP contribution in [0.15, 0.2) is 0 Å². The van der Waals surface area contributed by atoms with Crippen molar-refractivity contribution in [1.82, 2.24) is 15.5 Å². The summed E-state index contributed by atoms with van der Waals surface area (Å²) < 4.78 is 0. The summed E-state index contributed by atoms with van der Waals surface area (Å²) in [6.07, 6.45) is 3.81. The van der Waals surface area contributed by atoms with Gasteiger partial charge in [0.15, 0.2) is 0 Å². The van der Waals surface area contributed by atoms with Crippen LogP contribution in [-0.2, 0) is 4.79 Å². The normalized spacial score (nSPS) is 21.6. The fraction of sp³-hybridized carbons (Fsp3) is 0.818. The predicted octanol–water partition coefficient (Wildman–Crippen LogP) is 0.459. The van der Waals surface area contributed by atoms with Gasteiger partial charge in [-0.25, -0.2) is 4.79 Å². The molecule has 5 nitrogen and oxygen atoms in total. The number of urea groups is 1.